The fourth-order valence-electron chi connectivity index (χ4n) is 2.60. The number of halogens is 1. The largest absolute Gasteiger partial charge is 0.322 e. The van der Waals surface area contributed by atoms with Crippen molar-refractivity contribution >= 4 is 22.6 Å². The minimum absolute atomic E-state index is 0.108. The van der Waals surface area contributed by atoms with Gasteiger partial charge < -0.3 is 4.57 Å². The molecule has 0 N–H and O–H groups in total. The van der Waals surface area contributed by atoms with Crippen LogP contribution < -0.4 is 0 Å². The van der Waals surface area contributed by atoms with Crippen LogP contribution in [-0.4, -0.2) is 9.55 Å². The van der Waals surface area contributed by atoms with Gasteiger partial charge in [0.15, 0.2) is 0 Å². The van der Waals surface area contributed by atoms with Gasteiger partial charge in [0.1, 0.15) is 5.82 Å². The van der Waals surface area contributed by atoms with E-state index in [1.807, 2.05) is 6.92 Å². The zero-order valence-electron chi connectivity index (χ0n) is 12.6. The molecule has 0 radical (unpaired) electrons. The quantitative estimate of drug-likeness (QED) is 0.622. The molecule has 0 fully saturated rings. The van der Waals surface area contributed by atoms with Gasteiger partial charge in [-0.1, -0.05) is 35.9 Å². The normalized spacial score (nSPS) is 12.8. The number of rotatable bonds is 3. The van der Waals surface area contributed by atoms with Crippen molar-refractivity contribution in [3.8, 4) is 0 Å². The number of aryl methyl sites for hydroxylation is 2. The average Bonchev–Trinajstić information content (AvgIpc) is 2.80. The molecule has 0 aliphatic heterocycles. The summed E-state index contributed by atoms with van der Waals surface area (Å²) in [6.45, 7) is 6.98. The lowest BCUT2D eigenvalue weighted by Crippen LogP contribution is -2.05. The lowest BCUT2D eigenvalue weighted by atomic mass is 10.1. The van der Waals surface area contributed by atoms with Gasteiger partial charge in [-0.15, -0.1) is 11.6 Å². The molecule has 0 spiro atoms. The van der Waals surface area contributed by atoms with Gasteiger partial charge in [0.25, 0.3) is 0 Å². The van der Waals surface area contributed by atoms with Gasteiger partial charge in [-0.2, -0.15) is 0 Å². The Balaban J connectivity index is 2.12. The topological polar surface area (TPSA) is 17.8 Å². The second kappa shape index (κ2) is 5.53. The fourth-order valence-corrected chi connectivity index (χ4v) is 2.76. The van der Waals surface area contributed by atoms with E-state index in [9.17, 15) is 0 Å². The lowest BCUT2D eigenvalue weighted by Gasteiger charge is -2.11. The summed E-state index contributed by atoms with van der Waals surface area (Å²) in [5, 5.41) is -0.108. The van der Waals surface area contributed by atoms with Crippen LogP contribution in [0.5, 0.6) is 0 Å². The molecule has 3 aromatic rings. The van der Waals surface area contributed by atoms with E-state index in [-0.39, 0.29) is 5.38 Å². The van der Waals surface area contributed by atoms with Gasteiger partial charge in [0, 0.05) is 6.54 Å². The summed E-state index contributed by atoms with van der Waals surface area (Å²) in [6.07, 6.45) is 0. The van der Waals surface area contributed by atoms with Crippen molar-refractivity contribution < 1.29 is 0 Å². The first-order valence-electron chi connectivity index (χ1n) is 7.21. The van der Waals surface area contributed by atoms with Crippen molar-refractivity contribution in [2.24, 2.45) is 0 Å². The first-order valence-corrected chi connectivity index (χ1v) is 7.64. The summed E-state index contributed by atoms with van der Waals surface area (Å²) in [4.78, 5) is 4.70. The molecule has 0 aliphatic carbocycles. The Morgan fingerprint density at radius 2 is 1.71 bits per heavy atom. The minimum Gasteiger partial charge on any atom is -0.322 e. The summed E-state index contributed by atoms with van der Waals surface area (Å²) in [6, 6.07) is 15.0. The minimum atomic E-state index is -0.108. The van der Waals surface area contributed by atoms with E-state index >= 15 is 0 Å². The highest BCUT2D eigenvalue weighted by atomic mass is 35.5. The maximum atomic E-state index is 6.33. The van der Waals surface area contributed by atoms with Crippen molar-refractivity contribution in [3.63, 3.8) is 0 Å². The second-order valence-corrected chi connectivity index (χ2v) is 6.30. The molecule has 1 atom stereocenters. The van der Waals surface area contributed by atoms with Gasteiger partial charge in [0.05, 0.1) is 16.4 Å². The molecule has 1 aromatic heterocycles. The highest BCUT2D eigenvalue weighted by Gasteiger charge is 2.15. The van der Waals surface area contributed by atoms with E-state index in [0.29, 0.717) is 0 Å². The van der Waals surface area contributed by atoms with Crippen LogP contribution in [0.25, 0.3) is 11.0 Å². The van der Waals surface area contributed by atoms with Crippen molar-refractivity contribution in [3.05, 3.63) is 65.0 Å². The molecule has 3 rings (SSSR count). The van der Waals surface area contributed by atoms with Crippen molar-refractivity contribution in [1.29, 1.82) is 0 Å². The molecule has 0 saturated carbocycles. The van der Waals surface area contributed by atoms with Crippen molar-refractivity contribution in [2.45, 2.75) is 32.7 Å². The van der Waals surface area contributed by atoms with Gasteiger partial charge >= 0.3 is 0 Å². The Kier molecular flexibility index (Phi) is 3.73. The molecule has 108 valence electrons. The van der Waals surface area contributed by atoms with E-state index in [1.165, 1.54) is 16.7 Å². The maximum Gasteiger partial charge on any atom is 0.128 e. The number of aromatic nitrogens is 2. The summed E-state index contributed by atoms with van der Waals surface area (Å²) in [7, 11) is 0. The van der Waals surface area contributed by atoms with Gasteiger partial charge in [-0.3, -0.25) is 0 Å². The third-order valence-corrected chi connectivity index (χ3v) is 3.95. The van der Waals surface area contributed by atoms with Crippen LogP contribution in [0.1, 0.15) is 34.8 Å². The van der Waals surface area contributed by atoms with Gasteiger partial charge in [-0.05, 0) is 44.0 Å². The number of benzene rings is 2. The molecule has 0 bridgehead atoms. The van der Waals surface area contributed by atoms with Gasteiger partial charge in [0.2, 0.25) is 0 Å². The van der Waals surface area contributed by atoms with Crippen LogP contribution in [0.4, 0.5) is 0 Å². The summed E-state index contributed by atoms with van der Waals surface area (Å²) in [5.41, 5.74) is 5.94. The zero-order valence-corrected chi connectivity index (χ0v) is 13.4. The molecular weight excluding hydrogens is 280 g/mol. The molecule has 0 amide bonds. The van der Waals surface area contributed by atoms with Crippen molar-refractivity contribution in [2.75, 3.05) is 0 Å². The number of hydrogen-bond acceptors (Lipinski definition) is 1. The Morgan fingerprint density at radius 3 is 2.38 bits per heavy atom. The van der Waals surface area contributed by atoms with Crippen LogP contribution in [0.15, 0.2) is 42.5 Å². The van der Waals surface area contributed by atoms with E-state index < -0.39 is 0 Å². The first kappa shape index (κ1) is 14.2. The molecule has 1 unspecified atom stereocenters. The van der Waals surface area contributed by atoms with Gasteiger partial charge in [-0.25, -0.2) is 4.98 Å². The predicted molar refractivity (Wildman–Crippen MR) is 89.0 cm³/mol. The monoisotopic (exact) mass is 298 g/mol. The van der Waals surface area contributed by atoms with E-state index in [0.717, 1.165) is 23.4 Å². The Labute approximate surface area is 130 Å². The average molecular weight is 299 g/mol. The molecule has 21 heavy (non-hydrogen) atoms. The first-order chi connectivity index (χ1) is 10.0. The van der Waals surface area contributed by atoms with Crippen LogP contribution in [0, 0.1) is 13.8 Å². The fraction of sp³-hybridized carbons (Fsp3) is 0.278. The van der Waals surface area contributed by atoms with Crippen LogP contribution in [-0.2, 0) is 6.54 Å². The number of imidazole rings is 1. The molecule has 1 heterocycles. The molecule has 0 aliphatic rings. The predicted octanol–water partition coefficient (Wildman–Crippen LogP) is 5.00. The smallest absolute Gasteiger partial charge is 0.128 e. The standard InChI is InChI=1S/C18H19ClN2/c1-12-4-7-15(8-5-12)11-21-17-10-13(2)6-9-16(17)20-18(21)14(3)19/h4-10,14H,11H2,1-3H3. The summed E-state index contributed by atoms with van der Waals surface area (Å²) < 4.78 is 2.23. The van der Waals surface area contributed by atoms with Crippen LogP contribution >= 0.6 is 11.6 Å². The molecular formula is C18H19ClN2. The highest BCUT2D eigenvalue weighted by molar-refractivity contribution is 6.20. The number of fused-ring (bicyclic) bond motifs is 1. The van der Waals surface area contributed by atoms with E-state index in [4.69, 9.17) is 16.6 Å². The number of hydrogen-bond donors (Lipinski definition) is 0. The number of alkyl halides is 1. The van der Waals surface area contributed by atoms with Crippen LogP contribution in [0.3, 0.4) is 0 Å². The zero-order chi connectivity index (χ0) is 15.0. The number of nitrogens with zero attached hydrogens (tertiary/aromatic N) is 2. The second-order valence-electron chi connectivity index (χ2n) is 5.65. The molecule has 2 nitrogen and oxygen atoms in total. The third-order valence-electron chi connectivity index (χ3n) is 3.75. The Morgan fingerprint density at radius 1 is 1.05 bits per heavy atom. The summed E-state index contributed by atoms with van der Waals surface area (Å²) >= 11 is 6.33. The third kappa shape index (κ3) is 2.81. The Hall–Kier alpha value is -1.80. The molecule has 0 saturated heterocycles. The Bertz CT molecular complexity index is 770. The molecule has 3 heteroatoms. The summed E-state index contributed by atoms with van der Waals surface area (Å²) in [5.74, 6) is 0.929. The lowest BCUT2D eigenvalue weighted by molar-refractivity contribution is 0.742. The van der Waals surface area contributed by atoms with Crippen molar-refractivity contribution in [1.82, 2.24) is 9.55 Å². The van der Waals surface area contributed by atoms with Crippen LogP contribution in [0.2, 0.25) is 0 Å². The highest BCUT2D eigenvalue weighted by Crippen LogP contribution is 2.26. The maximum absolute atomic E-state index is 6.33. The molecule has 2 aromatic carbocycles. The SMILES string of the molecule is Cc1ccc(Cn2c(C(C)Cl)nc3ccc(C)cc32)cc1. The van der Waals surface area contributed by atoms with E-state index in [2.05, 4.69) is 60.9 Å². The van der Waals surface area contributed by atoms with E-state index in [1.54, 1.807) is 0 Å².